The van der Waals surface area contributed by atoms with E-state index in [1.165, 1.54) is 4.90 Å². The van der Waals surface area contributed by atoms with Crippen molar-refractivity contribution in [2.75, 3.05) is 23.4 Å². The molecule has 0 unspecified atom stereocenters. The third-order valence-corrected chi connectivity index (χ3v) is 5.22. The number of benzene rings is 2. The van der Waals surface area contributed by atoms with Gasteiger partial charge in [-0.2, -0.15) is 0 Å². The molecule has 1 fully saturated rings. The fraction of sp³-hybridized carbons (Fsp3) is 0.250. The summed E-state index contributed by atoms with van der Waals surface area (Å²) in [6.45, 7) is 1.62. The number of esters is 1. The Kier molecular flexibility index (Phi) is 6.36. The van der Waals surface area contributed by atoms with Gasteiger partial charge < -0.3 is 15.0 Å². The lowest BCUT2D eigenvalue weighted by Crippen LogP contribution is -2.28. The number of nitrogens with zero attached hydrogens (tertiary/aromatic N) is 1. The van der Waals surface area contributed by atoms with E-state index in [1.54, 1.807) is 30.3 Å². The molecule has 2 aromatic rings. The van der Waals surface area contributed by atoms with Gasteiger partial charge in [0.25, 0.3) is 5.91 Å². The highest BCUT2D eigenvalue weighted by Crippen LogP contribution is 2.31. The summed E-state index contributed by atoms with van der Waals surface area (Å²) in [5.74, 6) is -1.85. The van der Waals surface area contributed by atoms with Gasteiger partial charge in [-0.3, -0.25) is 14.4 Å². The van der Waals surface area contributed by atoms with Crippen molar-refractivity contribution in [1.82, 2.24) is 0 Å². The van der Waals surface area contributed by atoms with E-state index in [4.69, 9.17) is 16.3 Å². The molecule has 1 aliphatic rings. The van der Waals surface area contributed by atoms with Crippen LogP contribution in [0.25, 0.3) is 0 Å². The van der Waals surface area contributed by atoms with Gasteiger partial charge in [0, 0.05) is 23.1 Å². The molecule has 8 heteroatoms. The van der Waals surface area contributed by atoms with Crippen LogP contribution in [0.4, 0.5) is 11.4 Å². The Balaban J connectivity index is 1.54. The molecule has 1 N–H and O–H groups in total. The van der Waals surface area contributed by atoms with Crippen LogP contribution in [0, 0.1) is 12.8 Å². The number of anilines is 2. The molecule has 28 heavy (non-hydrogen) atoms. The van der Waals surface area contributed by atoms with E-state index in [0.717, 1.165) is 10.0 Å². The SMILES string of the molecule is Cc1cc(Br)ccc1NC(=O)COC(=O)[C@H]1CC(=O)N(c2ccccc2Cl)C1. The highest BCUT2D eigenvalue weighted by atomic mass is 79.9. The van der Waals surface area contributed by atoms with Crippen molar-refractivity contribution in [3.05, 3.63) is 57.5 Å². The highest BCUT2D eigenvalue weighted by molar-refractivity contribution is 9.10. The number of nitrogens with one attached hydrogen (secondary N) is 1. The predicted molar refractivity (Wildman–Crippen MR) is 110 cm³/mol. The van der Waals surface area contributed by atoms with E-state index >= 15 is 0 Å². The minimum atomic E-state index is -0.633. The van der Waals surface area contributed by atoms with Crippen LogP contribution in [-0.4, -0.2) is 30.9 Å². The first kappa shape index (κ1) is 20.4. The molecule has 2 amide bonds. The van der Waals surface area contributed by atoms with E-state index in [9.17, 15) is 14.4 Å². The first-order chi connectivity index (χ1) is 13.3. The molecule has 1 saturated heterocycles. The number of para-hydroxylation sites is 1. The largest absolute Gasteiger partial charge is 0.455 e. The topological polar surface area (TPSA) is 75.7 Å². The second-order valence-electron chi connectivity index (χ2n) is 6.47. The maximum atomic E-state index is 12.3. The second-order valence-corrected chi connectivity index (χ2v) is 7.79. The van der Waals surface area contributed by atoms with Crippen molar-refractivity contribution >= 4 is 56.7 Å². The molecule has 2 aromatic carbocycles. The summed E-state index contributed by atoms with van der Waals surface area (Å²) >= 11 is 9.49. The number of halogens is 2. The second kappa shape index (κ2) is 8.75. The number of ether oxygens (including phenoxy) is 1. The molecule has 0 aliphatic carbocycles. The van der Waals surface area contributed by atoms with Crippen molar-refractivity contribution in [2.45, 2.75) is 13.3 Å². The zero-order chi connectivity index (χ0) is 20.3. The lowest BCUT2D eigenvalue weighted by Gasteiger charge is -2.17. The summed E-state index contributed by atoms with van der Waals surface area (Å²) in [7, 11) is 0. The molecule has 0 spiro atoms. The fourth-order valence-corrected chi connectivity index (χ4v) is 3.69. The average Bonchev–Trinajstić information content (AvgIpc) is 3.04. The zero-order valence-corrected chi connectivity index (χ0v) is 17.4. The number of aryl methyl sites for hydroxylation is 1. The average molecular weight is 466 g/mol. The lowest BCUT2D eigenvalue weighted by atomic mass is 10.1. The van der Waals surface area contributed by atoms with Crippen LogP contribution in [-0.2, 0) is 19.1 Å². The Morgan fingerprint density at radius 2 is 2.04 bits per heavy atom. The van der Waals surface area contributed by atoms with Crippen molar-refractivity contribution < 1.29 is 19.1 Å². The van der Waals surface area contributed by atoms with Crippen LogP contribution in [0.15, 0.2) is 46.9 Å². The van der Waals surface area contributed by atoms with Gasteiger partial charge in [-0.15, -0.1) is 0 Å². The van der Waals surface area contributed by atoms with Gasteiger partial charge in [0.2, 0.25) is 5.91 Å². The Morgan fingerprint density at radius 1 is 1.29 bits per heavy atom. The normalized spacial score (nSPS) is 16.2. The van der Waals surface area contributed by atoms with Gasteiger partial charge in [0.05, 0.1) is 16.6 Å². The number of hydrogen-bond donors (Lipinski definition) is 1. The maximum Gasteiger partial charge on any atom is 0.311 e. The number of hydrogen-bond acceptors (Lipinski definition) is 4. The molecule has 0 bridgehead atoms. The molecule has 1 heterocycles. The van der Waals surface area contributed by atoms with Gasteiger partial charge in [-0.1, -0.05) is 39.7 Å². The molecule has 6 nitrogen and oxygen atoms in total. The Bertz CT molecular complexity index is 934. The first-order valence-corrected chi connectivity index (χ1v) is 9.80. The van der Waals surface area contributed by atoms with Crippen LogP contribution < -0.4 is 10.2 Å². The lowest BCUT2D eigenvalue weighted by molar-refractivity contribution is -0.151. The van der Waals surface area contributed by atoms with Gasteiger partial charge in [0.1, 0.15) is 0 Å². The van der Waals surface area contributed by atoms with Crippen LogP contribution in [0.5, 0.6) is 0 Å². The van der Waals surface area contributed by atoms with Gasteiger partial charge in [0.15, 0.2) is 6.61 Å². The van der Waals surface area contributed by atoms with E-state index < -0.39 is 24.4 Å². The summed E-state index contributed by atoms with van der Waals surface area (Å²) in [5.41, 5.74) is 2.09. The monoisotopic (exact) mass is 464 g/mol. The number of carbonyl (C=O) groups excluding carboxylic acids is 3. The molecular weight excluding hydrogens is 448 g/mol. The Labute approximate surface area is 175 Å². The van der Waals surface area contributed by atoms with Crippen molar-refractivity contribution in [3.63, 3.8) is 0 Å². The zero-order valence-electron chi connectivity index (χ0n) is 15.1. The van der Waals surface area contributed by atoms with E-state index in [-0.39, 0.29) is 18.9 Å². The summed E-state index contributed by atoms with van der Waals surface area (Å²) in [6, 6.07) is 12.4. The Hall–Kier alpha value is -2.38. The molecule has 0 saturated carbocycles. The molecule has 0 aromatic heterocycles. The summed E-state index contributed by atoms with van der Waals surface area (Å²) < 4.78 is 6.02. The van der Waals surface area contributed by atoms with Gasteiger partial charge in [-0.05, 0) is 42.8 Å². The van der Waals surface area contributed by atoms with Crippen LogP contribution in [0.3, 0.4) is 0 Å². The molecular formula is C20H18BrClN2O4. The first-order valence-electron chi connectivity index (χ1n) is 8.62. The van der Waals surface area contributed by atoms with Crippen LogP contribution >= 0.6 is 27.5 Å². The third-order valence-electron chi connectivity index (χ3n) is 4.41. The highest BCUT2D eigenvalue weighted by Gasteiger charge is 2.37. The fourth-order valence-electron chi connectivity index (χ4n) is 2.98. The summed E-state index contributed by atoms with van der Waals surface area (Å²) in [4.78, 5) is 38.1. The number of rotatable bonds is 5. The van der Waals surface area contributed by atoms with Gasteiger partial charge >= 0.3 is 5.97 Å². The van der Waals surface area contributed by atoms with E-state index in [2.05, 4.69) is 21.2 Å². The standard InChI is InChI=1S/C20H18BrClN2O4/c1-12-8-14(21)6-7-16(12)23-18(25)11-28-20(27)13-9-19(26)24(10-13)17-5-3-2-4-15(17)22/h2-8,13H,9-11H2,1H3,(H,23,25)/t13-/m0/s1. The van der Waals surface area contributed by atoms with Crippen LogP contribution in [0.1, 0.15) is 12.0 Å². The van der Waals surface area contributed by atoms with Crippen molar-refractivity contribution in [2.24, 2.45) is 5.92 Å². The maximum absolute atomic E-state index is 12.3. The van der Waals surface area contributed by atoms with E-state index in [1.807, 2.05) is 19.1 Å². The quantitative estimate of drug-likeness (QED) is 0.679. The molecule has 0 radical (unpaired) electrons. The smallest absolute Gasteiger partial charge is 0.311 e. The minimum Gasteiger partial charge on any atom is -0.455 e. The summed E-state index contributed by atoms with van der Waals surface area (Å²) in [6.07, 6.45) is 0.0253. The van der Waals surface area contributed by atoms with E-state index in [0.29, 0.717) is 16.4 Å². The molecule has 3 rings (SSSR count). The van der Waals surface area contributed by atoms with Crippen molar-refractivity contribution in [3.8, 4) is 0 Å². The minimum absolute atomic E-state index is 0.0253. The number of carbonyl (C=O) groups is 3. The summed E-state index contributed by atoms with van der Waals surface area (Å²) in [5, 5.41) is 3.14. The van der Waals surface area contributed by atoms with Crippen molar-refractivity contribution in [1.29, 1.82) is 0 Å². The molecule has 1 aliphatic heterocycles. The third kappa shape index (κ3) is 4.72. The molecule has 146 valence electrons. The number of amides is 2. The van der Waals surface area contributed by atoms with Crippen LogP contribution in [0.2, 0.25) is 5.02 Å². The molecule has 1 atom stereocenters. The van der Waals surface area contributed by atoms with Gasteiger partial charge in [-0.25, -0.2) is 0 Å². The predicted octanol–water partition coefficient (Wildman–Crippen LogP) is 3.95. The Morgan fingerprint density at radius 3 is 2.75 bits per heavy atom.